The number of benzene rings is 3. The third-order valence-electron chi connectivity index (χ3n) is 6.79. The lowest BCUT2D eigenvalue weighted by atomic mass is 10.1. The first-order chi connectivity index (χ1) is 18.1. The van der Waals surface area contributed by atoms with E-state index in [1.165, 1.54) is 19.3 Å². The van der Waals surface area contributed by atoms with E-state index in [9.17, 15) is 9.50 Å². The molecule has 1 heterocycles. The number of hydrogen-bond donors (Lipinski definition) is 1. The summed E-state index contributed by atoms with van der Waals surface area (Å²) in [5, 5.41) is 9.54. The van der Waals surface area contributed by atoms with Crippen LogP contribution >= 0.6 is 0 Å². The number of halogens is 1. The van der Waals surface area contributed by atoms with Gasteiger partial charge in [0.15, 0.2) is 11.6 Å². The highest BCUT2D eigenvalue weighted by atomic mass is 19.1. The molecule has 3 aromatic rings. The Bertz CT molecular complexity index is 1170. The number of piperidine rings is 1. The number of phenolic OH excluding ortho intramolecular Hbond substituents is 1. The summed E-state index contributed by atoms with van der Waals surface area (Å²) in [5.41, 5.74) is 3.88. The molecule has 37 heavy (non-hydrogen) atoms. The summed E-state index contributed by atoms with van der Waals surface area (Å²) in [4.78, 5) is 4.58. The standard InChI is InChI=1S/C31H37FN2O3/c1-3-34(23-25-10-16-31(29(32)21-25)37-20-19-33-17-5-4-6-18-33)30-22-28(36-2)15-12-26(30)11-7-24-8-13-27(35)14-9-24/h7-16,21-22,35H,3-6,17-20,23H2,1-2H3/b11-7+. The topological polar surface area (TPSA) is 45.2 Å². The fourth-order valence-electron chi connectivity index (χ4n) is 4.65. The van der Waals surface area contributed by atoms with Gasteiger partial charge in [-0.3, -0.25) is 4.90 Å². The molecule has 3 aromatic carbocycles. The second kappa shape index (κ2) is 13.2. The Morgan fingerprint density at radius 1 is 0.973 bits per heavy atom. The van der Waals surface area contributed by atoms with Crippen LogP contribution in [0.25, 0.3) is 12.2 Å². The normalized spacial score (nSPS) is 14.1. The van der Waals surface area contributed by atoms with Crippen molar-refractivity contribution in [3.8, 4) is 17.2 Å². The van der Waals surface area contributed by atoms with Crippen LogP contribution in [-0.4, -0.2) is 49.9 Å². The predicted octanol–water partition coefficient (Wildman–Crippen LogP) is 6.60. The molecule has 196 valence electrons. The Morgan fingerprint density at radius 2 is 1.76 bits per heavy atom. The Labute approximate surface area is 219 Å². The molecule has 4 rings (SSSR count). The fourth-order valence-corrected chi connectivity index (χ4v) is 4.65. The number of likely N-dealkylation sites (tertiary alicyclic amines) is 1. The molecule has 0 amide bonds. The first-order valence-corrected chi connectivity index (χ1v) is 13.1. The van der Waals surface area contributed by atoms with E-state index in [2.05, 4.69) is 16.7 Å². The fraction of sp³-hybridized carbons (Fsp3) is 0.355. The number of aromatic hydroxyl groups is 1. The molecule has 5 nitrogen and oxygen atoms in total. The van der Waals surface area contributed by atoms with Crippen molar-refractivity contribution in [1.82, 2.24) is 4.90 Å². The van der Waals surface area contributed by atoms with E-state index < -0.39 is 0 Å². The van der Waals surface area contributed by atoms with Gasteiger partial charge in [0.1, 0.15) is 18.1 Å². The van der Waals surface area contributed by atoms with Crippen molar-refractivity contribution in [2.45, 2.75) is 32.7 Å². The molecule has 1 fully saturated rings. The van der Waals surface area contributed by atoms with Crippen LogP contribution in [0.5, 0.6) is 17.2 Å². The highest BCUT2D eigenvalue weighted by molar-refractivity contribution is 5.78. The molecule has 0 atom stereocenters. The van der Waals surface area contributed by atoms with Gasteiger partial charge in [0.2, 0.25) is 0 Å². The average Bonchev–Trinajstić information content (AvgIpc) is 2.93. The molecular formula is C31H37FN2O3. The average molecular weight is 505 g/mol. The molecule has 1 saturated heterocycles. The molecule has 0 saturated carbocycles. The predicted molar refractivity (Wildman–Crippen MR) is 149 cm³/mol. The van der Waals surface area contributed by atoms with Gasteiger partial charge < -0.3 is 19.5 Å². The van der Waals surface area contributed by atoms with Crippen LogP contribution in [0.3, 0.4) is 0 Å². The van der Waals surface area contributed by atoms with Crippen molar-refractivity contribution in [2.75, 3.05) is 44.8 Å². The molecule has 1 aliphatic heterocycles. The van der Waals surface area contributed by atoms with E-state index in [0.29, 0.717) is 18.9 Å². The van der Waals surface area contributed by atoms with Gasteiger partial charge in [0, 0.05) is 31.4 Å². The molecule has 0 unspecified atom stereocenters. The van der Waals surface area contributed by atoms with Crippen molar-refractivity contribution in [1.29, 1.82) is 0 Å². The van der Waals surface area contributed by atoms with Crippen LogP contribution in [0.2, 0.25) is 0 Å². The van der Waals surface area contributed by atoms with E-state index in [1.807, 2.05) is 48.6 Å². The van der Waals surface area contributed by atoms with Gasteiger partial charge in [-0.1, -0.05) is 36.8 Å². The lowest BCUT2D eigenvalue weighted by Crippen LogP contribution is -2.33. The van der Waals surface area contributed by atoms with Crippen molar-refractivity contribution in [2.24, 2.45) is 0 Å². The summed E-state index contributed by atoms with van der Waals surface area (Å²) >= 11 is 0. The Morgan fingerprint density at radius 3 is 2.46 bits per heavy atom. The van der Waals surface area contributed by atoms with Crippen molar-refractivity contribution < 1.29 is 19.0 Å². The van der Waals surface area contributed by atoms with E-state index in [0.717, 1.165) is 54.3 Å². The molecule has 0 radical (unpaired) electrons. The van der Waals surface area contributed by atoms with Gasteiger partial charge in [0.25, 0.3) is 0 Å². The Hall–Kier alpha value is -3.51. The third kappa shape index (κ3) is 7.49. The maximum absolute atomic E-state index is 14.9. The highest BCUT2D eigenvalue weighted by Crippen LogP contribution is 2.30. The lowest BCUT2D eigenvalue weighted by Gasteiger charge is -2.26. The summed E-state index contributed by atoms with van der Waals surface area (Å²) in [6.07, 6.45) is 7.82. The number of anilines is 1. The monoisotopic (exact) mass is 504 g/mol. The minimum Gasteiger partial charge on any atom is -0.508 e. The summed E-state index contributed by atoms with van der Waals surface area (Å²) in [6.45, 7) is 6.92. The number of hydrogen-bond acceptors (Lipinski definition) is 5. The maximum atomic E-state index is 14.9. The molecule has 0 spiro atoms. The second-order valence-corrected chi connectivity index (χ2v) is 9.38. The number of rotatable bonds is 11. The SMILES string of the molecule is CCN(Cc1ccc(OCCN2CCCCC2)c(F)c1)c1cc(OC)ccc1/C=C/c1ccc(O)cc1. The summed E-state index contributed by atoms with van der Waals surface area (Å²) in [6, 6.07) is 18.3. The first-order valence-electron chi connectivity index (χ1n) is 13.1. The van der Waals surface area contributed by atoms with E-state index in [1.54, 1.807) is 31.4 Å². The van der Waals surface area contributed by atoms with Crippen LogP contribution in [0.1, 0.15) is 42.9 Å². The van der Waals surface area contributed by atoms with Crippen LogP contribution in [0.4, 0.5) is 10.1 Å². The highest BCUT2D eigenvalue weighted by Gasteiger charge is 2.14. The van der Waals surface area contributed by atoms with Crippen LogP contribution in [-0.2, 0) is 6.54 Å². The zero-order chi connectivity index (χ0) is 26.0. The molecular weight excluding hydrogens is 467 g/mol. The minimum absolute atomic E-state index is 0.241. The van der Waals surface area contributed by atoms with Crippen LogP contribution in [0, 0.1) is 5.82 Å². The van der Waals surface area contributed by atoms with Crippen LogP contribution in [0.15, 0.2) is 60.7 Å². The number of phenols is 1. The zero-order valence-corrected chi connectivity index (χ0v) is 21.8. The number of methoxy groups -OCH3 is 1. The summed E-state index contributed by atoms with van der Waals surface area (Å²) in [5.74, 6) is 0.983. The molecule has 0 aromatic heterocycles. The van der Waals surface area contributed by atoms with Crippen molar-refractivity contribution in [3.05, 3.63) is 83.2 Å². The summed E-state index contributed by atoms with van der Waals surface area (Å²) in [7, 11) is 1.65. The van der Waals surface area contributed by atoms with Gasteiger partial charge in [-0.15, -0.1) is 0 Å². The molecule has 1 N–H and O–H groups in total. The van der Waals surface area contributed by atoms with Crippen molar-refractivity contribution >= 4 is 17.8 Å². The molecule has 6 heteroatoms. The largest absolute Gasteiger partial charge is 0.508 e. The smallest absolute Gasteiger partial charge is 0.165 e. The summed E-state index contributed by atoms with van der Waals surface area (Å²) < 4.78 is 26.2. The number of ether oxygens (including phenoxy) is 2. The van der Waals surface area contributed by atoms with Gasteiger partial charge >= 0.3 is 0 Å². The molecule has 0 aliphatic carbocycles. The minimum atomic E-state index is -0.328. The van der Waals surface area contributed by atoms with Crippen molar-refractivity contribution in [3.63, 3.8) is 0 Å². The lowest BCUT2D eigenvalue weighted by molar-refractivity contribution is 0.180. The first kappa shape index (κ1) is 26.6. The Balaban J connectivity index is 1.46. The zero-order valence-electron chi connectivity index (χ0n) is 21.8. The van der Waals surface area contributed by atoms with E-state index >= 15 is 0 Å². The Kier molecular flexibility index (Phi) is 9.44. The van der Waals surface area contributed by atoms with Gasteiger partial charge in [-0.05, 0) is 85.9 Å². The quantitative estimate of drug-likeness (QED) is 0.298. The van der Waals surface area contributed by atoms with Gasteiger partial charge in [0.05, 0.1) is 7.11 Å². The molecule has 0 bridgehead atoms. The van der Waals surface area contributed by atoms with Gasteiger partial charge in [-0.2, -0.15) is 0 Å². The maximum Gasteiger partial charge on any atom is 0.165 e. The van der Waals surface area contributed by atoms with E-state index in [-0.39, 0.29) is 11.6 Å². The van der Waals surface area contributed by atoms with E-state index in [4.69, 9.17) is 9.47 Å². The second-order valence-electron chi connectivity index (χ2n) is 9.38. The van der Waals surface area contributed by atoms with Crippen LogP contribution < -0.4 is 14.4 Å². The third-order valence-corrected chi connectivity index (χ3v) is 6.79. The molecule has 1 aliphatic rings. The van der Waals surface area contributed by atoms with Gasteiger partial charge in [-0.25, -0.2) is 4.39 Å². The number of nitrogens with zero attached hydrogens (tertiary/aromatic N) is 2.